The summed E-state index contributed by atoms with van der Waals surface area (Å²) in [6.07, 6.45) is 6.19. The number of amides is 1. The molecule has 132 valence electrons. The van der Waals surface area contributed by atoms with Gasteiger partial charge in [0.25, 0.3) is 0 Å². The van der Waals surface area contributed by atoms with Crippen LogP contribution in [0.15, 0.2) is 41.3 Å². The summed E-state index contributed by atoms with van der Waals surface area (Å²) in [5.41, 5.74) is 2.07. The van der Waals surface area contributed by atoms with Crippen molar-refractivity contribution in [3.63, 3.8) is 0 Å². The van der Waals surface area contributed by atoms with Gasteiger partial charge in [-0.25, -0.2) is 9.78 Å². The molecule has 2 bridgehead atoms. The fourth-order valence-corrected chi connectivity index (χ4v) is 4.14. The molecule has 2 N–H and O–H groups in total. The van der Waals surface area contributed by atoms with Gasteiger partial charge in [0, 0.05) is 5.69 Å². The van der Waals surface area contributed by atoms with Gasteiger partial charge >= 0.3 is 6.09 Å². The van der Waals surface area contributed by atoms with E-state index in [-0.39, 0.29) is 6.61 Å². The highest BCUT2D eigenvalue weighted by Gasteiger charge is 2.38. The lowest BCUT2D eigenvalue weighted by Crippen LogP contribution is -2.38. The van der Waals surface area contributed by atoms with Crippen molar-refractivity contribution in [3.8, 4) is 0 Å². The van der Waals surface area contributed by atoms with Gasteiger partial charge in [-0.1, -0.05) is 12.1 Å². The molecule has 1 aromatic carbocycles. The standard InChI is InChI=1S/C19H23N3O3/c23-19(24-11-17-10-21-12-25-17)22-16-5-1-13(2-6-16)7-18-14-3-4-15(18)9-20-8-14/h1-2,5-6,10,12,14-15,18,20H,3-4,7-9,11H2,(H,22,23). The van der Waals surface area contributed by atoms with E-state index in [1.54, 1.807) is 0 Å². The SMILES string of the molecule is O=C(Nc1ccc(CC2C3CCC2CNC3)cc1)OCc1cnco1. The van der Waals surface area contributed by atoms with E-state index >= 15 is 0 Å². The second-order valence-corrected chi connectivity index (χ2v) is 6.99. The lowest BCUT2D eigenvalue weighted by atomic mass is 9.81. The Bertz CT molecular complexity index is 683. The first-order valence-corrected chi connectivity index (χ1v) is 8.89. The largest absolute Gasteiger partial charge is 0.445 e. The number of ether oxygens (including phenoxy) is 1. The maximum absolute atomic E-state index is 11.8. The molecule has 1 aromatic heterocycles. The first kappa shape index (κ1) is 16.1. The zero-order valence-electron chi connectivity index (χ0n) is 14.1. The Hall–Kier alpha value is -2.34. The van der Waals surface area contributed by atoms with Crippen LogP contribution in [0.4, 0.5) is 10.5 Å². The maximum atomic E-state index is 11.8. The number of benzene rings is 1. The molecule has 6 heteroatoms. The van der Waals surface area contributed by atoms with E-state index in [9.17, 15) is 4.79 Å². The molecule has 2 heterocycles. The molecule has 0 radical (unpaired) electrons. The van der Waals surface area contributed by atoms with Crippen LogP contribution in [0.25, 0.3) is 0 Å². The highest BCUT2D eigenvalue weighted by Crippen LogP contribution is 2.41. The summed E-state index contributed by atoms with van der Waals surface area (Å²) >= 11 is 0. The molecule has 2 aliphatic rings. The minimum absolute atomic E-state index is 0.0718. The van der Waals surface area contributed by atoms with E-state index in [2.05, 4.69) is 27.8 Å². The maximum Gasteiger partial charge on any atom is 0.412 e. The minimum Gasteiger partial charge on any atom is -0.445 e. The summed E-state index contributed by atoms with van der Waals surface area (Å²) in [7, 11) is 0. The van der Waals surface area contributed by atoms with Crippen molar-refractivity contribution in [2.75, 3.05) is 18.4 Å². The van der Waals surface area contributed by atoms with E-state index in [0.29, 0.717) is 5.76 Å². The van der Waals surface area contributed by atoms with Gasteiger partial charge in [0.2, 0.25) is 0 Å². The van der Waals surface area contributed by atoms with E-state index in [1.807, 2.05) is 12.1 Å². The molecule has 1 aliphatic carbocycles. The van der Waals surface area contributed by atoms with Crippen LogP contribution in [-0.2, 0) is 17.8 Å². The minimum atomic E-state index is -0.499. The van der Waals surface area contributed by atoms with Gasteiger partial charge in [-0.15, -0.1) is 0 Å². The van der Waals surface area contributed by atoms with Crippen molar-refractivity contribution in [2.45, 2.75) is 25.9 Å². The number of carbonyl (C=O) groups is 1. The molecule has 2 atom stereocenters. The van der Waals surface area contributed by atoms with Crippen molar-refractivity contribution in [2.24, 2.45) is 17.8 Å². The molecule has 2 unspecified atom stereocenters. The fraction of sp³-hybridized carbons (Fsp3) is 0.474. The van der Waals surface area contributed by atoms with Crippen molar-refractivity contribution >= 4 is 11.8 Å². The Morgan fingerprint density at radius 3 is 2.68 bits per heavy atom. The highest BCUT2D eigenvalue weighted by molar-refractivity contribution is 5.84. The Balaban J connectivity index is 1.29. The van der Waals surface area contributed by atoms with Gasteiger partial charge in [-0.2, -0.15) is 0 Å². The van der Waals surface area contributed by atoms with Crippen LogP contribution in [0, 0.1) is 17.8 Å². The number of oxazole rings is 1. The Morgan fingerprint density at radius 1 is 1.24 bits per heavy atom. The summed E-state index contributed by atoms with van der Waals surface area (Å²) < 4.78 is 10.1. The number of carbonyl (C=O) groups excluding carboxylic acids is 1. The smallest absolute Gasteiger partial charge is 0.412 e. The third-order valence-electron chi connectivity index (χ3n) is 5.43. The van der Waals surface area contributed by atoms with Crippen LogP contribution in [0.5, 0.6) is 0 Å². The monoisotopic (exact) mass is 341 g/mol. The highest BCUT2D eigenvalue weighted by atomic mass is 16.6. The molecule has 2 fully saturated rings. The average molecular weight is 341 g/mol. The number of anilines is 1. The molecule has 1 aliphatic heterocycles. The lowest BCUT2D eigenvalue weighted by molar-refractivity contribution is 0.146. The molecule has 1 saturated heterocycles. The third-order valence-corrected chi connectivity index (χ3v) is 5.43. The molecule has 1 saturated carbocycles. The summed E-state index contributed by atoms with van der Waals surface area (Å²) in [6.45, 7) is 2.40. The van der Waals surface area contributed by atoms with E-state index in [0.717, 1.165) is 43.0 Å². The molecule has 6 nitrogen and oxygen atoms in total. The Kier molecular flexibility index (Phi) is 4.70. The zero-order chi connectivity index (χ0) is 17.1. The second-order valence-electron chi connectivity index (χ2n) is 6.99. The van der Waals surface area contributed by atoms with Gasteiger partial charge in [-0.3, -0.25) is 5.32 Å². The lowest BCUT2D eigenvalue weighted by Gasteiger charge is -2.31. The first-order chi connectivity index (χ1) is 12.3. The number of fused-ring (bicyclic) bond motifs is 2. The predicted octanol–water partition coefficient (Wildman–Crippen LogP) is 3.21. The van der Waals surface area contributed by atoms with Gasteiger partial charge < -0.3 is 14.5 Å². The number of hydrogen-bond donors (Lipinski definition) is 2. The van der Waals surface area contributed by atoms with Crippen LogP contribution in [-0.4, -0.2) is 24.2 Å². The molecule has 1 amide bonds. The van der Waals surface area contributed by atoms with Crippen molar-refractivity contribution in [1.82, 2.24) is 10.3 Å². The normalized spacial score (nSPS) is 24.9. The van der Waals surface area contributed by atoms with Gasteiger partial charge in [0.1, 0.15) is 0 Å². The number of nitrogens with zero attached hydrogens (tertiary/aromatic N) is 1. The average Bonchev–Trinajstić information content (AvgIpc) is 3.20. The second kappa shape index (κ2) is 7.27. The molecule has 2 aromatic rings. The number of piperidine rings is 1. The summed E-state index contributed by atoms with van der Waals surface area (Å²) in [4.78, 5) is 15.6. The number of hydrogen-bond acceptors (Lipinski definition) is 5. The first-order valence-electron chi connectivity index (χ1n) is 8.89. The topological polar surface area (TPSA) is 76.4 Å². The van der Waals surface area contributed by atoms with E-state index in [1.165, 1.54) is 31.0 Å². The van der Waals surface area contributed by atoms with Crippen LogP contribution in [0.2, 0.25) is 0 Å². The quantitative estimate of drug-likeness (QED) is 0.873. The molecule has 4 rings (SSSR count). The van der Waals surface area contributed by atoms with E-state index < -0.39 is 6.09 Å². The van der Waals surface area contributed by atoms with Crippen LogP contribution < -0.4 is 10.6 Å². The van der Waals surface area contributed by atoms with Gasteiger partial charge in [-0.05, 0) is 67.8 Å². The third kappa shape index (κ3) is 3.85. The Labute approximate surface area is 147 Å². The molecular weight excluding hydrogens is 318 g/mol. The van der Waals surface area contributed by atoms with Gasteiger partial charge in [0.15, 0.2) is 18.8 Å². The Morgan fingerprint density at radius 2 is 2.00 bits per heavy atom. The van der Waals surface area contributed by atoms with Crippen LogP contribution >= 0.6 is 0 Å². The molecule has 25 heavy (non-hydrogen) atoms. The number of nitrogens with one attached hydrogen (secondary N) is 2. The molecular formula is C19H23N3O3. The number of rotatable bonds is 5. The summed E-state index contributed by atoms with van der Waals surface area (Å²) in [5.74, 6) is 2.96. The van der Waals surface area contributed by atoms with Crippen LogP contribution in [0.1, 0.15) is 24.2 Å². The summed E-state index contributed by atoms with van der Waals surface area (Å²) in [6, 6.07) is 8.09. The van der Waals surface area contributed by atoms with Crippen molar-refractivity contribution in [3.05, 3.63) is 48.2 Å². The zero-order valence-corrected chi connectivity index (χ0v) is 14.1. The fourth-order valence-electron chi connectivity index (χ4n) is 4.14. The molecule has 0 spiro atoms. The predicted molar refractivity (Wildman–Crippen MR) is 93.0 cm³/mol. The van der Waals surface area contributed by atoms with Gasteiger partial charge in [0.05, 0.1) is 6.20 Å². The summed E-state index contributed by atoms with van der Waals surface area (Å²) in [5, 5.41) is 6.28. The number of aromatic nitrogens is 1. The van der Waals surface area contributed by atoms with E-state index in [4.69, 9.17) is 9.15 Å². The van der Waals surface area contributed by atoms with Crippen molar-refractivity contribution in [1.29, 1.82) is 0 Å². The van der Waals surface area contributed by atoms with Crippen LogP contribution in [0.3, 0.4) is 0 Å². The van der Waals surface area contributed by atoms with Crippen molar-refractivity contribution < 1.29 is 13.9 Å².